The molecule has 0 atom stereocenters. The standard InChI is InChI=1S/C19H25N7/c1-2-5-17-16(4-1)18(23-14-22-17)26-12-15(13-26)24-8-10-25(11-9-24)19-20-6-3-7-21-19/h3,6-7,14-15H,1-2,4-5,8-13H2. The summed E-state index contributed by atoms with van der Waals surface area (Å²) in [5.41, 5.74) is 2.68. The highest BCUT2D eigenvalue weighted by atomic mass is 15.4. The third-order valence-electron chi connectivity index (χ3n) is 5.93. The monoisotopic (exact) mass is 351 g/mol. The Bertz CT molecular complexity index is 752. The maximum atomic E-state index is 4.62. The van der Waals surface area contributed by atoms with Crippen molar-refractivity contribution < 1.29 is 0 Å². The molecule has 0 amide bonds. The number of nitrogens with zero attached hydrogens (tertiary/aromatic N) is 7. The molecule has 2 saturated heterocycles. The number of aryl methyl sites for hydroxylation is 1. The predicted octanol–water partition coefficient (Wildman–Crippen LogP) is 1.16. The SMILES string of the molecule is c1cnc(N2CCN(C3CN(c4ncnc5c4CCCC5)C3)CC2)nc1. The molecular weight excluding hydrogens is 326 g/mol. The van der Waals surface area contributed by atoms with E-state index in [-0.39, 0.29) is 0 Å². The minimum Gasteiger partial charge on any atom is -0.353 e. The number of piperazine rings is 1. The van der Waals surface area contributed by atoms with Crippen LogP contribution in [0.4, 0.5) is 11.8 Å². The molecule has 4 heterocycles. The van der Waals surface area contributed by atoms with Crippen molar-refractivity contribution in [1.29, 1.82) is 0 Å². The Hall–Kier alpha value is -2.28. The Morgan fingerprint density at radius 2 is 1.58 bits per heavy atom. The Balaban J connectivity index is 1.18. The van der Waals surface area contributed by atoms with E-state index in [0.717, 1.165) is 58.1 Å². The van der Waals surface area contributed by atoms with Crippen molar-refractivity contribution >= 4 is 11.8 Å². The summed E-state index contributed by atoms with van der Waals surface area (Å²) in [6.07, 6.45) is 10.2. The zero-order valence-corrected chi connectivity index (χ0v) is 15.1. The Labute approximate surface area is 154 Å². The van der Waals surface area contributed by atoms with Gasteiger partial charge in [0.25, 0.3) is 0 Å². The highest BCUT2D eigenvalue weighted by Gasteiger charge is 2.36. The van der Waals surface area contributed by atoms with Gasteiger partial charge in [-0.05, 0) is 31.7 Å². The molecule has 0 aromatic carbocycles. The molecule has 1 aliphatic carbocycles. The molecule has 136 valence electrons. The molecule has 0 radical (unpaired) electrons. The molecule has 7 nitrogen and oxygen atoms in total. The fourth-order valence-electron chi connectivity index (χ4n) is 4.38. The topological polar surface area (TPSA) is 61.3 Å². The lowest BCUT2D eigenvalue weighted by atomic mass is 9.95. The summed E-state index contributed by atoms with van der Waals surface area (Å²) in [5.74, 6) is 2.05. The van der Waals surface area contributed by atoms with Crippen LogP contribution in [0.15, 0.2) is 24.8 Å². The Morgan fingerprint density at radius 1 is 0.808 bits per heavy atom. The molecule has 7 heteroatoms. The van der Waals surface area contributed by atoms with E-state index in [1.807, 2.05) is 18.5 Å². The Kier molecular flexibility index (Phi) is 4.16. The average Bonchev–Trinajstić information content (AvgIpc) is 2.68. The second-order valence-electron chi connectivity index (χ2n) is 7.46. The molecule has 5 rings (SSSR count). The molecule has 0 N–H and O–H groups in total. The average molecular weight is 351 g/mol. The number of hydrogen-bond acceptors (Lipinski definition) is 7. The number of fused-ring (bicyclic) bond motifs is 1. The lowest BCUT2D eigenvalue weighted by Gasteiger charge is -2.49. The molecule has 3 aliphatic rings. The van der Waals surface area contributed by atoms with Crippen LogP contribution < -0.4 is 9.80 Å². The second kappa shape index (κ2) is 6.79. The van der Waals surface area contributed by atoms with E-state index in [1.54, 1.807) is 6.33 Å². The molecule has 0 bridgehead atoms. The van der Waals surface area contributed by atoms with Gasteiger partial charge in [0.15, 0.2) is 0 Å². The summed E-state index contributed by atoms with van der Waals surface area (Å²) in [6.45, 7) is 6.35. The van der Waals surface area contributed by atoms with Crippen LogP contribution in [0.2, 0.25) is 0 Å². The minimum atomic E-state index is 0.642. The van der Waals surface area contributed by atoms with E-state index in [9.17, 15) is 0 Å². The smallest absolute Gasteiger partial charge is 0.225 e. The first kappa shape index (κ1) is 15.9. The van der Waals surface area contributed by atoms with Crippen LogP contribution >= 0.6 is 0 Å². The number of aromatic nitrogens is 4. The van der Waals surface area contributed by atoms with Gasteiger partial charge in [-0.2, -0.15) is 0 Å². The van der Waals surface area contributed by atoms with Crippen LogP contribution in [0.25, 0.3) is 0 Å². The molecular formula is C19H25N7. The second-order valence-corrected chi connectivity index (χ2v) is 7.46. The van der Waals surface area contributed by atoms with Gasteiger partial charge in [-0.25, -0.2) is 19.9 Å². The van der Waals surface area contributed by atoms with Gasteiger partial charge in [0.1, 0.15) is 12.1 Å². The van der Waals surface area contributed by atoms with Crippen LogP contribution in [0.5, 0.6) is 0 Å². The highest BCUT2D eigenvalue weighted by molar-refractivity contribution is 5.52. The first-order valence-electron chi connectivity index (χ1n) is 9.72. The molecule has 0 spiro atoms. The van der Waals surface area contributed by atoms with Crippen LogP contribution in [0.3, 0.4) is 0 Å². The van der Waals surface area contributed by atoms with Gasteiger partial charge in [-0.15, -0.1) is 0 Å². The lowest BCUT2D eigenvalue weighted by Crippen LogP contribution is -2.63. The van der Waals surface area contributed by atoms with Gasteiger partial charge in [0.05, 0.1) is 0 Å². The van der Waals surface area contributed by atoms with Gasteiger partial charge in [0.2, 0.25) is 5.95 Å². The van der Waals surface area contributed by atoms with Crippen molar-refractivity contribution in [3.8, 4) is 0 Å². The van der Waals surface area contributed by atoms with Crippen molar-refractivity contribution in [2.45, 2.75) is 31.7 Å². The van der Waals surface area contributed by atoms with Crippen LogP contribution in [-0.2, 0) is 12.8 Å². The van der Waals surface area contributed by atoms with Crippen molar-refractivity contribution in [2.75, 3.05) is 49.1 Å². The summed E-state index contributed by atoms with van der Waals surface area (Å²) in [5, 5.41) is 0. The van der Waals surface area contributed by atoms with E-state index in [0.29, 0.717) is 6.04 Å². The summed E-state index contributed by atoms with van der Waals surface area (Å²) in [6, 6.07) is 2.51. The summed E-state index contributed by atoms with van der Waals surface area (Å²) < 4.78 is 0. The van der Waals surface area contributed by atoms with E-state index in [1.165, 1.54) is 29.9 Å². The molecule has 2 fully saturated rings. The predicted molar refractivity (Wildman–Crippen MR) is 100 cm³/mol. The van der Waals surface area contributed by atoms with Crippen LogP contribution in [0.1, 0.15) is 24.1 Å². The normalized spacial score (nSPS) is 21.4. The van der Waals surface area contributed by atoms with E-state index in [2.05, 4.69) is 34.6 Å². The van der Waals surface area contributed by atoms with Crippen LogP contribution in [0, 0.1) is 0 Å². The van der Waals surface area contributed by atoms with Gasteiger partial charge >= 0.3 is 0 Å². The van der Waals surface area contributed by atoms with Crippen LogP contribution in [-0.4, -0.2) is 70.1 Å². The molecule has 2 aromatic heterocycles. The zero-order chi connectivity index (χ0) is 17.3. The fourth-order valence-corrected chi connectivity index (χ4v) is 4.38. The highest BCUT2D eigenvalue weighted by Crippen LogP contribution is 2.31. The van der Waals surface area contributed by atoms with E-state index >= 15 is 0 Å². The first-order valence-corrected chi connectivity index (χ1v) is 9.72. The largest absolute Gasteiger partial charge is 0.353 e. The van der Waals surface area contributed by atoms with Crippen molar-refractivity contribution in [3.63, 3.8) is 0 Å². The van der Waals surface area contributed by atoms with E-state index in [4.69, 9.17) is 0 Å². The Morgan fingerprint density at radius 3 is 2.38 bits per heavy atom. The third kappa shape index (κ3) is 2.90. The summed E-state index contributed by atoms with van der Waals surface area (Å²) in [7, 11) is 0. The molecule has 0 unspecified atom stereocenters. The van der Waals surface area contributed by atoms with Crippen molar-refractivity contribution in [2.24, 2.45) is 0 Å². The van der Waals surface area contributed by atoms with E-state index < -0.39 is 0 Å². The van der Waals surface area contributed by atoms with Gasteiger partial charge in [-0.3, -0.25) is 4.90 Å². The third-order valence-corrected chi connectivity index (χ3v) is 5.93. The minimum absolute atomic E-state index is 0.642. The number of anilines is 2. The lowest BCUT2D eigenvalue weighted by molar-refractivity contribution is 0.156. The molecule has 2 aromatic rings. The molecule has 26 heavy (non-hydrogen) atoms. The van der Waals surface area contributed by atoms with Gasteiger partial charge in [-0.1, -0.05) is 0 Å². The maximum absolute atomic E-state index is 4.62. The maximum Gasteiger partial charge on any atom is 0.225 e. The van der Waals surface area contributed by atoms with Crippen molar-refractivity contribution in [1.82, 2.24) is 24.8 Å². The number of rotatable bonds is 3. The van der Waals surface area contributed by atoms with Crippen molar-refractivity contribution in [3.05, 3.63) is 36.0 Å². The van der Waals surface area contributed by atoms with Gasteiger partial charge < -0.3 is 9.80 Å². The first-order chi connectivity index (χ1) is 12.9. The zero-order valence-electron chi connectivity index (χ0n) is 15.1. The molecule has 0 saturated carbocycles. The summed E-state index contributed by atoms with van der Waals surface area (Å²) in [4.78, 5) is 25.2. The quantitative estimate of drug-likeness (QED) is 0.822. The number of hydrogen-bond donors (Lipinski definition) is 0. The van der Waals surface area contributed by atoms with Gasteiger partial charge in [0, 0.05) is 69.0 Å². The molecule has 2 aliphatic heterocycles. The summed E-state index contributed by atoms with van der Waals surface area (Å²) >= 11 is 0. The fraction of sp³-hybridized carbons (Fsp3) is 0.579.